The topological polar surface area (TPSA) is 55.0 Å². The third-order valence-corrected chi connectivity index (χ3v) is 3.08. The summed E-state index contributed by atoms with van der Waals surface area (Å²) >= 11 is 0. The maximum Gasteiger partial charge on any atom is 0.0612 e. The molecule has 4 nitrogen and oxygen atoms in total. The Morgan fingerprint density at radius 3 is 1.96 bits per heavy atom. The van der Waals surface area contributed by atoms with Crippen molar-refractivity contribution in [2.75, 3.05) is 13.1 Å². The molecule has 0 unspecified atom stereocenters. The number of hydrogen-bond donors (Lipinski definition) is 1. The molecule has 0 fully saturated rings. The molecule has 2 aromatic heterocycles. The second kappa shape index (κ2) is 10.7. The molecule has 2 N–H and O–H groups in total. The Morgan fingerprint density at radius 2 is 1.46 bits per heavy atom. The van der Waals surface area contributed by atoms with Gasteiger partial charge >= 0.3 is 0 Å². The predicted molar refractivity (Wildman–Crippen MR) is 96.3 cm³/mol. The minimum atomic E-state index is 0.361. The SMILES string of the molecule is NCC#C/C=C/C#CCN(Cc1ccccn1)Cc1ccccn1. The first-order valence-electron chi connectivity index (χ1n) is 7.72. The maximum atomic E-state index is 5.29. The molecule has 4 heteroatoms. The molecule has 0 aliphatic carbocycles. The molecule has 0 aliphatic heterocycles. The molecular weight excluding hydrogens is 296 g/mol. The predicted octanol–water partition coefficient (Wildman–Crippen LogP) is 2.00. The van der Waals surface area contributed by atoms with Crippen molar-refractivity contribution >= 4 is 0 Å². The zero-order chi connectivity index (χ0) is 16.9. The van der Waals surface area contributed by atoms with E-state index in [1.165, 1.54) is 0 Å². The van der Waals surface area contributed by atoms with Gasteiger partial charge in [0.2, 0.25) is 0 Å². The van der Waals surface area contributed by atoms with Crippen LogP contribution in [-0.4, -0.2) is 28.0 Å². The van der Waals surface area contributed by atoms with Crippen molar-refractivity contribution in [2.45, 2.75) is 13.1 Å². The number of allylic oxidation sites excluding steroid dienone is 2. The van der Waals surface area contributed by atoms with E-state index in [1.807, 2.05) is 36.4 Å². The van der Waals surface area contributed by atoms with Gasteiger partial charge in [-0.2, -0.15) is 0 Å². The van der Waals surface area contributed by atoms with Crippen LogP contribution in [0.4, 0.5) is 0 Å². The van der Waals surface area contributed by atoms with Crippen LogP contribution in [0.1, 0.15) is 11.4 Å². The zero-order valence-corrected chi connectivity index (χ0v) is 13.5. The summed E-state index contributed by atoms with van der Waals surface area (Å²) in [6.45, 7) is 2.44. The zero-order valence-electron chi connectivity index (χ0n) is 13.5. The van der Waals surface area contributed by atoms with E-state index in [-0.39, 0.29) is 0 Å². The number of aromatic nitrogens is 2. The van der Waals surface area contributed by atoms with Crippen LogP contribution < -0.4 is 5.73 Å². The Labute approximate surface area is 143 Å². The fourth-order valence-corrected chi connectivity index (χ4v) is 2.03. The minimum absolute atomic E-state index is 0.361. The Hall–Kier alpha value is -2.92. The molecule has 120 valence electrons. The first-order chi connectivity index (χ1) is 11.9. The molecule has 0 aromatic carbocycles. The lowest BCUT2D eigenvalue weighted by molar-refractivity contribution is 0.283. The molecule has 0 amide bonds. The summed E-state index contributed by atoms with van der Waals surface area (Å²) in [5.41, 5.74) is 7.32. The van der Waals surface area contributed by atoms with Gasteiger partial charge in [-0.05, 0) is 36.4 Å². The summed E-state index contributed by atoms with van der Waals surface area (Å²) < 4.78 is 0. The molecule has 0 radical (unpaired) electrons. The highest BCUT2D eigenvalue weighted by atomic mass is 15.1. The van der Waals surface area contributed by atoms with Crippen LogP contribution in [0, 0.1) is 23.7 Å². The van der Waals surface area contributed by atoms with Gasteiger partial charge in [-0.15, -0.1) is 0 Å². The highest BCUT2D eigenvalue weighted by molar-refractivity contribution is 5.25. The first kappa shape index (κ1) is 17.4. The van der Waals surface area contributed by atoms with E-state index in [1.54, 1.807) is 24.5 Å². The number of hydrogen-bond acceptors (Lipinski definition) is 4. The second-order valence-corrected chi connectivity index (χ2v) is 4.97. The Bertz CT molecular complexity index is 705. The van der Waals surface area contributed by atoms with Gasteiger partial charge in [0.25, 0.3) is 0 Å². The lowest BCUT2D eigenvalue weighted by atomic mass is 10.3. The third kappa shape index (κ3) is 6.89. The highest BCUT2D eigenvalue weighted by Gasteiger charge is 2.07. The fraction of sp³-hybridized carbons (Fsp3) is 0.200. The van der Waals surface area contributed by atoms with E-state index in [2.05, 4.69) is 38.5 Å². The van der Waals surface area contributed by atoms with E-state index in [9.17, 15) is 0 Å². The summed E-state index contributed by atoms with van der Waals surface area (Å²) in [5, 5.41) is 0. The standard InChI is InChI=1S/C20H20N4/c21-13-7-3-1-2-4-10-16-24(17-19-11-5-8-14-22-19)18-20-12-6-9-15-23-20/h1-2,5-6,8-9,11-12,14-15H,13,16-18,21H2/b2-1+. The average Bonchev–Trinajstić information content (AvgIpc) is 2.62. The van der Waals surface area contributed by atoms with Crippen LogP contribution in [0.15, 0.2) is 60.9 Å². The molecule has 24 heavy (non-hydrogen) atoms. The Morgan fingerprint density at radius 1 is 0.875 bits per heavy atom. The van der Waals surface area contributed by atoms with Crippen molar-refractivity contribution in [3.63, 3.8) is 0 Å². The molecule has 0 aliphatic rings. The number of pyridine rings is 2. The second-order valence-electron chi connectivity index (χ2n) is 4.97. The molecule has 2 heterocycles. The monoisotopic (exact) mass is 316 g/mol. The van der Waals surface area contributed by atoms with Gasteiger partial charge in [-0.3, -0.25) is 14.9 Å². The van der Waals surface area contributed by atoms with Crippen LogP contribution in [-0.2, 0) is 13.1 Å². The third-order valence-electron chi connectivity index (χ3n) is 3.08. The average molecular weight is 316 g/mol. The Kier molecular flexibility index (Phi) is 7.81. The normalized spacial score (nSPS) is 10.1. The van der Waals surface area contributed by atoms with Gasteiger partial charge in [0, 0.05) is 25.5 Å². The van der Waals surface area contributed by atoms with Crippen LogP contribution in [0.5, 0.6) is 0 Å². The van der Waals surface area contributed by atoms with E-state index in [4.69, 9.17) is 5.73 Å². The van der Waals surface area contributed by atoms with Crippen molar-refractivity contribution in [3.05, 3.63) is 72.3 Å². The van der Waals surface area contributed by atoms with Crippen LogP contribution in [0.2, 0.25) is 0 Å². The highest BCUT2D eigenvalue weighted by Crippen LogP contribution is 2.06. The summed E-state index contributed by atoms with van der Waals surface area (Å²) in [5.74, 6) is 11.7. The van der Waals surface area contributed by atoms with E-state index in [0.717, 1.165) is 24.5 Å². The smallest absolute Gasteiger partial charge is 0.0612 e. The van der Waals surface area contributed by atoms with Crippen molar-refractivity contribution in [1.29, 1.82) is 0 Å². The molecule has 0 bridgehead atoms. The molecule has 0 saturated heterocycles. The molecule has 2 aromatic rings. The number of rotatable bonds is 5. The number of nitrogens with two attached hydrogens (primary N) is 1. The van der Waals surface area contributed by atoms with Crippen molar-refractivity contribution in [3.8, 4) is 23.7 Å². The first-order valence-corrected chi connectivity index (χ1v) is 7.72. The van der Waals surface area contributed by atoms with Gasteiger partial charge < -0.3 is 5.73 Å². The lowest BCUT2D eigenvalue weighted by Gasteiger charge is -2.18. The maximum absolute atomic E-state index is 5.29. The van der Waals surface area contributed by atoms with E-state index in [0.29, 0.717) is 13.1 Å². The fourth-order valence-electron chi connectivity index (χ4n) is 2.03. The molecule has 2 rings (SSSR count). The minimum Gasteiger partial charge on any atom is -0.320 e. The van der Waals surface area contributed by atoms with Crippen LogP contribution >= 0.6 is 0 Å². The lowest BCUT2D eigenvalue weighted by Crippen LogP contribution is -2.24. The molecule has 0 atom stereocenters. The molecular formula is C20H20N4. The molecule has 0 saturated carbocycles. The summed E-state index contributed by atoms with van der Waals surface area (Å²) in [7, 11) is 0. The van der Waals surface area contributed by atoms with Gasteiger partial charge in [0.05, 0.1) is 24.5 Å². The summed E-state index contributed by atoms with van der Waals surface area (Å²) in [6, 6.07) is 11.8. The quantitative estimate of drug-likeness (QED) is 0.857. The van der Waals surface area contributed by atoms with Crippen molar-refractivity contribution in [1.82, 2.24) is 14.9 Å². The largest absolute Gasteiger partial charge is 0.320 e. The van der Waals surface area contributed by atoms with Gasteiger partial charge in [0.15, 0.2) is 0 Å². The van der Waals surface area contributed by atoms with Crippen molar-refractivity contribution < 1.29 is 0 Å². The number of nitrogens with zero attached hydrogens (tertiary/aromatic N) is 3. The summed E-state index contributed by atoms with van der Waals surface area (Å²) in [4.78, 5) is 11.0. The molecule has 0 spiro atoms. The van der Waals surface area contributed by atoms with E-state index >= 15 is 0 Å². The van der Waals surface area contributed by atoms with Crippen LogP contribution in [0.3, 0.4) is 0 Å². The summed E-state index contributed by atoms with van der Waals surface area (Å²) in [6.07, 6.45) is 7.06. The van der Waals surface area contributed by atoms with Gasteiger partial charge in [-0.25, -0.2) is 0 Å². The van der Waals surface area contributed by atoms with Gasteiger partial charge in [0.1, 0.15) is 0 Å². The Balaban J connectivity index is 1.99. The van der Waals surface area contributed by atoms with Crippen LogP contribution in [0.25, 0.3) is 0 Å². The van der Waals surface area contributed by atoms with Crippen molar-refractivity contribution in [2.24, 2.45) is 5.73 Å². The van der Waals surface area contributed by atoms with E-state index < -0.39 is 0 Å². The van der Waals surface area contributed by atoms with Gasteiger partial charge in [-0.1, -0.05) is 35.8 Å².